The zero-order valence-electron chi connectivity index (χ0n) is 16.7. The van der Waals surface area contributed by atoms with Gasteiger partial charge in [0.05, 0.1) is 25.4 Å². The number of pyridine rings is 1. The summed E-state index contributed by atoms with van der Waals surface area (Å²) in [4.78, 5) is 19.4. The van der Waals surface area contributed by atoms with Gasteiger partial charge in [0, 0.05) is 37.9 Å². The van der Waals surface area contributed by atoms with Crippen molar-refractivity contribution >= 4 is 11.7 Å². The fraction of sp³-hybridized carbons (Fsp3) is 0.550. The molecule has 0 spiro atoms. The fourth-order valence-electron chi connectivity index (χ4n) is 4.05. The van der Waals surface area contributed by atoms with Crippen LogP contribution in [0.2, 0.25) is 0 Å². The van der Waals surface area contributed by atoms with Gasteiger partial charge in [0.1, 0.15) is 17.6 Å². The molecule has 0 radical (unpaired) electrons. The molecule has 0 unspecified atom stereocenters. The third kappa shape index (κ3) is 3.98. The monoisotopic (exact) mass is 401 g/mol. The van der Waals surface area contributed by atoms with Crippen molar-refractivity contribution in [2.75, 3.05) is 31.2 Å². The van der Waals surface area contributed by atoms with Gasteiger partial charge in [-0.05, 0) is 31.0 Å². The molecule has 9 nitrogen and oxygen atoms in total. The van der Waals surface area contributed by atoms with Crippen LogP contribution in [0.25, 0.3) is 0 Å². The number of anilines is 1. The molecule has 0 aromatic carbocycles. The number of ether oxygens (including phenoxy) is 1. The van der Waals surface area contributed by atoms with Gasteiger partial charge in [0.2, 0.25) is 0 Å². The van der Waals surface area contributed by atoms with Crippen LogP contribution in [0.4, 0.5) is 5.82 Å². The maximum Gasteiger partial charge on any atom is 0.272 e. The van der Waals surface area contributed by atoms with Gasteiger partial charge in [0.25, 0.3) is 5.91 Å². The fourth-order valence-corrected chi connectivity index (χ4v) is 4.05. The molecule has 4 atom stereocenters. The van der Waals surface area contributed by atoms with Crippen molar-refractivity contribution in [3.8, 4) is 0 Å². The van der Waals surface area contributed by atoms with E-state index in [0.717, 1.165) is 30.2 Å². The highest BCUT2D eigenvalue weighted by molar-refractivity contribution is 5.92. The Morgan fingerprint density at radius 2 is 2.03 bits per heavy atom. The van der Waals surface area contributed by atoms with E-state index in [2.05, 4.69) is 20.3 Å². The minimum absolute atomic E-state index is 0.236. The smallest absolute Gasteiger partial charge is 0.272 e. The Kier molecular flexibility index (Phi) is 5.53. The van der Waals surface area contributed by atoms with Crippen molar-refractivity contribution in [1.29, 1.82) is 0 Å². The topological polar surface area (TPSA) is 113 Å². The van der Waals surface area contributed by atoms with Gasteiger partial charge in [-0.15, -0.1) is 0 Å². The van der Waals surface area contributed by atoms with Crippen LogP contribution in [-0.4, -0.2) is 75.4 Å². The van der Waals surface area contributed by atoms with Crippen LogP contribution < -0.4 is 10.2 Å². The number of aliphatic hydroxyl groups excluding tert-OH is 2. The van der Waals surface area contributed by atoms with E-state index in [1.807, 2.05) is 19.1 Å². The summed E-state index contributed by atoms with van der Waals surface area (Å²) in [5, 5.41) is 27.7. The van der Waals surface area contributed by atoms with Crippen molar-refractivity contribution in [1.82, 2.24) is 20.1 Å². The maximum atomic E-state index is 12.6. The quantitative estimate of drug-likeness (QED) is 0.659. The number of nitrogens with zero attached hydrogens (tertiary/aromatic N) is 4. The van der Waals surface area contributed by atoms with Crippen molar-refractivity contribution in [3.05, 3.63) is 41.3 Å². The highest BCUT2D eigenvalue weighted by Gasteiger charge is 2.43. The van der Waals surface area contributed by atoms with Crippen LogP contribution in [0.3, 0.4) is 0 Å². The lowest BCUT2D eigenvalue weighted by Gasteiger charge is -2.28. The molecule has 1 aliphatic carbocycles. The summed E-state index contributed by atoms with van der Waals surface area (Å²) >= 11 is 0. The summed E-state index contributed by atoms with van der Waals surface area (Å²) in [6, 6.07) is 4.98. The van der Waals surface area contributed by atoms with Gasteiger partial charge in [-0.1, -0.05) is 6.07 Å². The van der Waals surface area contributed by atoms with Crippen molar-refractivity contribution in [2.24, 2.45) is 7.05 Å². The second kappa shape index (κ2) is 8.10. The number of aliphatic hydroxyl groups is 2. The molecule has 1 amide bonds. The molecule has 156 valence electrons. The molecule has 29 heavy (non-hydrogen) atoms. The Morgan fingerprint density at radius 1 is 1.28 bits per heavy atom. The number of nitrogens with one attached hydrogen (secondary N) is 1. The molecule has 0 bridgehead atoms. The normalized spacial score (nSPS) is 27.2. The standard InChI is InChI=1S/C20H27N5O4/c1-12-9-15(23-24(12)2)20(28)22-18-14(10-16(26)19(18)27)13-3-4-17(21-11-13)25-5-7-29-8-6-25/h3-4,9,11,14,16,18-19,26-27H,5-8,10H2,1-2H3,(H,22,28)/t14-,16-,18-,19-/m1/s1. The van der Waals surface area contributed by atoms with E-state index in [0.29, 0.717) is 19.6 Å². The number of carbonyl (C=O) groups is 1. The minimum Gasteiger partial charge on any atom is -0.390 e. The van der Waals surface area contributed by atoms with Crippen LogP contribution in [0.15, 0.2) is 24.4 Å². The summed E-state index contributed by atoms with van der Waals surface area (Å²) in [5.41, 5.74) is 2.03. The Hall–Kier alpha value is -2.49. The first-order chi connectivity index (χ1) is 13.9. The van der Waals surface area contributed by atoms with E-state index in [9.17, 15) is 15.0 Å². The number of amides is 1. The Morgan fingerprint density at radius 3 is 2.66 bits per heavy atom. The van der Waals surface area contributed by atoms with E-state index in [4.69, 9.17) is 4.74 Å². The summed E-state index contributed by atoms with van der Waals surface area (Å²) in [6.07, 6.45) is 0.165. The molecule has 2 fully saturated rings. The Bertz CT molecular complexity index is 843. The van der Waals surface area contributed by atoms with Crippen molar-refractivity contribution in [3.63, 3.8) is 0 Å². The number of hydrogen-bond donors (Lipinski definition) is 3. The first kappa shape index (κ1) is 19.8. The molecule has 3 N–H and O–H groups in total. The largest absolute Gasteiger partial charge is 0.390 e. The Balaban J connectivity index is 1.51. The predicted octanol–water partition coefficient (Wildman–Crippen LogP) is -0.0322. The van der Waals surface area contributed by atoms with Gasteiger partial charge in [-0.3, -0.25) is 9.48 Å². The second-order valence-corrected chi connectivity index (χ2v) is 7.74. The van der Waals surface area contributed by atoms with E-state index in [-0.39, 0.29) is 17.5 Å². The van der Waals surface area contributed by atoms with E-state index in [1.54, 1.807) is 24.0 Å². The summed E-state index contributed by atoms with van der Waals surface area (Å²) in [6.45, 7) is 4.84. The predicted molar refractivity (Wildman–Crippen MR) is 106 cm³/mol. The third-order valence-electron chi connectivity index (χ3n) is 5.87. The molecule has 1 aliphatic heterocycles. The Labute approximate surface area is 169 Å². The molecule has 1 saturated carbocycles. The zero-order chi connectivity index (χ0) is 20.5. The first-order valence-corrected chi connectivity index (χ1v) is 9.90. The van der Waals surface area contributed by atoms with E-state index >= 15 is 0 Å². The van der Waals surface area contributed by atoms with E-state index < -0.39 is 18.2 Å². The molecule has 1 saturated heterocycles. The lowest BCUT2D eigenvalue weighted by molar-refractivity contribution is 0.0294. The maximum absolute atomic E-state index is 12.6. The van der Waals surface area contributed by atoms with Crippen molar-refractivity contribution < 1.29 is 19.7 Å². The van der Waals surface area contributed by atoms with Gasteiger partial charge in [-0.25, -0.2) is 4.98 Å². The average molecular weight is 401 g/mol. The number of morpholine rings is 1. The van der Waals surface area contributed by atoms with Crippen LogP contribution in [0, 0.1) is 6.92 Å². The molecular weight excluding hydrogens is 374 g/mol. The highest BCUT2D eigenvalue weighted by Crippen LogP contribution is 2.35. The van der Waals surface area contributed by atoms with Gasteiger partial charge in [0.15, 0.2) is 0 Å². The molecule has 2 aromatic heterocycles. The summed E-state index contributed by atoms with van der Waals surface area (Å²) < 4.78 is 7.00. The molecule has 4 rings (SSSR count). The lowest BCUT2D eigenvalue weighted by Crippen LogP contribution is -2.45. The van der Waals surface area contributed by atoms with Crippen LogP contribution in [-0.2, 0) is 11.8 Å². The van der Waals surface area contributed by atoms with Crippen molar-refractivity contribution in [2.45, 2.75) is 37.5 Å². The lowest BCUT2D eigenvalue weighted by atomic mass is 9.94. The average Bonchev–Trinajstić information content (AvgIpc) is 3.22. The van der Waals surface area contributed by atoms with Gasteiger partial charge in [-0.2, -0.15) is 5.10 Å². The molecular formula is C20H27N5O4. The van der Waals surface area contributed by atoms with E-state index in [1.165, 1.54) is 0 Å². The minimum atomic E-state index is -1.05. The second-order valence-electron chi connectivity index (χ2n) is 7.74. The third-order valence-corrected chi connectivity index (χ3v) is 5.87. The molecule has 2 aromatic rings. The molecule has 3 heterocycles. The van der Waals surface area contributed by atoms with Crippen LogP contribution in [0.1, 0.15) is 34.1 Å². The number of carbonyl (C=O) groups excluding carboxylic acids is 1. The molecule has 9 heteroatoms. The van der Waals surface area contributed by atoms with Crippen LogP contribution >= 0.6 is 0 Å². The first-order valence-electron chi connectivity index (χ1n) is 9.90. The number of aryl methyl sites for hydroxylation is 2. The SMILES string of the molecule is Cc1cc(C(=O)N[C@H]2[C@H](O)[C@H](O)C[C@@H]2c2ccc(N3CCOCC3)nc2)nn1C. The molecule has 2 aliphatic rings. The van der Waals surface area contributed by atoms with Crippen LogP contribution in [0.5, 0.6) is 0 Å². The zero-order valence-corrected chi connectivity index (χ0v) is 16.7. The summed E-state index contributed by atoms with van der Waals surface area (Å²) in [7, 11) is 1.77. The highest BCUT2D eigenvalue weighted by atomic mass is 16.5. The number of aromatic nitrogens is 3. The number of hydrogen-bond acceptors (Lipinski definition) is 7. The summed E-state index contributed by atoms with van der Waals surface area (Å²) in [5.74, 6) is 0.274. The number of rotatable bonds is 4. The van der Waals surface area contributed by atoms with Gasteiger partial charge < -0.3 is 25.2 Å². The van der Waals surface area contributed by atoms with Gasteiger partial charge >= 0.3 is 0 Å².